The second-order valence-corrected chi connectivity index (χ2v) is 22.8. The third-order valence-corrected chi connectivity index (χ3v) is 16.3. The maximum Gasteiger partial charge on any atom is 0.251 e. The fourth-order valence-electron chi connectivity index (χ4n) is 11.0. The van der Waals surface area contributed by atoms with Gasteiger partial charge >= 0.3 is 0 Å². The number of carbonyl (C=O) groups is 7. The number of rotatable bonds is 19. The van der Waals surface area contributed by atoms with Gasteiger partial charge in [0.25, 0.3) is 5.91 Å². The number of phenolic OH excluding ortho intramolecular Hbond substituents is 1. The second kappa shape index (κ2) is 30.9. The van der Waals surface area contributed by atoms with Crippen molar-refractivity contribution in [3.05, 3.63) is 121 Å². The van der Waals surface area contributed by atoms with Crippen LogP contribution in [0.5, 0.6) is 11.5 Å². The number of aliphatic hydroxyl groups is 6. The van der Waals surface area contributed by atoms with E-state index in [0.29, 0.717) is 6.61 Å². The van der Waals surface area contributed by atoms with Gasteiger partial charge in [0.15, 0.2) is 0 Å². The van der Waals surface area contributed by atoms with Crippen molar-refractivity contribution in [2.45, 2.75) is 145 Å². The number of nitrogens with two attached hydrogens (primary N) is 2. The molecule has 88 heavy (non-hydrogen) atoms. The van der Waals surface area contributed by atoms with Crippen LogP contribution >= 0.6 is 0 Å². The monoisotopic (exact) mass is 1220 g/mol. The number of hydrogen-bond donors (Lipinski definition) is 14. The minimum absolute atomic E-state index is 0.0626. The van der Waals surface area contributed by atoms with E-state index < -0.39 is 158 Å². The van der Waals surface area contributed by atoms with Crippen molar-refractivity contribution in [3.63, 3.8) is 0 Å². The SMILES string of the molecule is C=CC1CC(NC(=O)c2ccc(-c3ccc(-c4ccc(OCCCCC)cc4)cc3)cc2)C(=O)NC(C(C)O)C(=O)N2CC(O)CC2C(=O)NC(C(O)C(O)c2ccc(O)cc2)C(=O)NC(C(C)O)C(=O)N2CC(C)C(O)C2C(=O)NC1OC(CN)CN. The Morgan fingerprint density at radius 3 is 1.77 bits per heavy atom. The van der Waals surface area contributed by atoms with Crippen molar-refractivity contribution >= 4 is 41.4 Å². The summed E-state index contributed by atoms with van der Waals surface area (Å²) in [5.74, 6) is -9.21. The molecular weight excluding hydrogens is 1140 g/mol. The van der Waals surface area contributed by atoms with E-state index in [-0.39, 0.29) is 36.5 Å². The van der Waals surface area contributed by atoms with Crippen LogP contribution in [0.15, 0.2) is 110 Å². The number of aromatic hydroxyl groups is 1. The lowest BCUT2D eigenvalue weighted by Gasteiger charge is -2.35. The fourth-order valence-corrected chi connectivity index (χ4v) is 11.0. The van der Waals surface area contributed by atoms with Gasteiger partial charge in [-0.25, -0.2) is 0 Å². The van der Waals surface area contributed by atoms with Gasteiger partial charge in [0, 0.05) is 50.0 Å². The van der Waals surface area contributed by atoms with Gasteiger partial charge in [-0.2, -0.15) is 0 Å². The van der Waals surface area contributed by atoms with Crippen LogP contribution in [0.25, 0.3) is 22.3 Å². The van der Waals surface area contributed by atoms with Crippen LogP contribution < -0.4 is 42.8 Å². The molecule has 3 fully saturated rings. The Balaban J connectivity index is 1.25. The Kier molecular flexibility index (Phi) is 23.7. The number of hydrogen-bond acceptors (Lipinski definition) is 18. The number of fused-ring (bicyclic) bond motifs is 2. The zero-order valence-corrected chi connectivity index (χ0v) is 49.7. The zero-order chi connectivity index (χ0) is 64.1. The van der Waals surface area contributed by atoms with Crippen LogP contribution in [0.4, 0.5) is 0 Å². The highest BCUT2D eigenvalue weighted by Crippen LogP contribution is 2.31. The normalized spacial score (nSPS) is 26.5. The number of unbranched alkanes of at least 4 members (excludes halogenated alkanes) is 2. The van der Waals surface area contributed by atoms with E-state index in [1.807, 2.05) is 48.5 Å². The van der Waals surface area contributed by atoms with E-state index in [4.69, 9.17) is 20.9 Å². The Hall–Kier alpha value is -7.85. The molecule has 3 saturated heterocycles. The summed E-state index contributed by atoms with van der Waals surface area (Å²) in [6.45, 7) is 9.24. The minimum atomic E-state index is -2.29. The van der Waals surface area contributed by atoms with Gasteiger partial charge in [0.05, 0.1) is 37.1 Å². The molecule has 7 amide bonds. The van der Waals surface area contributed by atoms with E-state index >= 15 is 0 Å². The van der Waals surface area contributed by atoms with Gasteiger partial charge < -0.3 is 93.1 Å². The molecule has 25 nitrogen and oxygen atoms in total. The molecule has 0 spiro atoms. The van der Waals surface area contributed by atoms with E-state index in [0.717, 1.165) is 70.9 Å². The van der Waals surface area contributed by atoms with Gasteiger partial charge in [0.1, 0.15) is 66.2 Å². The smallest absolute Gasteiger partial charge is 0.251 e. The predicted octanol–water partition coefficient (Wildman–Crippen LogP) is -0.175. The van der Waals surface area contributed by atoms with Crippen LogP contribution in [0.3, 0.4) is 0 Å². The maximum absolute atomic E-state index is 14.9. The number of nitrogens with zero attached hydrogens (tertiary/aromatic N) is 2. The Labute approximate surface area is 510 Å². The first kappa shape index (κ1) is 67.7. The number of nitrogens with one attached hydrogen (secondary N) is 5. The Morgan fingerprint density at radius 2 is 1.23 bits per heavy atom. The molecular formula is C63H83N9O16. The Morgan fingerprint density at radius 1 is 0.693 bits per heavy atom. The molecule has 0 aromatic heterocycles. The predicted molar refractivity (Wildman–Crippen MR) is 322 cm³/mol. The summed E-state index contributed by atoms with van der Waals surface area (Å²) in [5.41, 5.74) is 15.6. The molecule has 476 valence electrons. The molecule has 4 aromatic carbocycles. The van der Waals surface area contributed by atoms with E-state index in [1.54, 1.807) is 12.1 Å². The first-order valence-corrected chi connectivity index (χ1v) is 29.6. The minimum Gasteiger partial charge on any atom is -0.508 e. The number of benzene rings is 4. The number of carbonyl (C=O) groups excluding carboxylic acids is 7. The van der Waals surface area contributed by atoms with Crippen LogP contribution in [-0.4, -0.2) is 199 Å². The molecule has 4 aromatic rings. The standard InChI is InChI=1S/C63H83N9O16/c1-6-8-9-26-87-45-24-20-40(21-25-45)38-12-10-37(11-13-38)39-14-16-42(17-15-39)56(80)66-47-27-36(7-2)61(88-46(29-64)30-65)70-60(84)52-53(77)33(3)31-72(52)63(86)50(35(5)74)68-59(83)51(55(79)54(78)41-18-22-43(75)23-19-41)69-58(82)48-28-44(76)32-71(48)62(85)49(34(4)73)67-57(47)81/h7,10-25,33-36,44,46-55,61,73-79H,2,6,8-9,26-32,64-65H2,1,3-5H3,(H,66,80)(H,67,81)(H,68,83)(H,69,82)(H,70,84). The third kappa shape index (κ3) is 16.5. The second-order valence-electron chi connectivity index (χ2n) is 22.8. The molecule has 15 atom stereocenters. The number of amides is 7. The molecule has 3 aliphatic rings. The van der Waals surface area contributed by atoms with Gasteiger partial charge in [-0.1, -0.05) is 93.4 Å². The summed E-state index contributed by atoms with van der Waals surface area (Å²) in [7, 11) is 0. The van der Waals surface area contributed by atoms with Crippen molar-refractivity contribution in [2.75, 3.05) is 32.8 Å². The molecule has 25 heteroatoms. The molecule has 0 saturated carbocycles. The maximum atomic E-state index is 14.9. The molecule has 0 radical (unpaired) electrons. The van der Waals surface area contributed by atoms with Crippen molar-refractivity contribution in [3.8, 4) is 33.8 Å². The average Bonchev–Trinajstić information content (AvgIpc) is 2.68. The van der Waals surface area contributed by atoms with Gasteiger partial charge in [-0.05, 0) is 90.9 Å². The molecule has 0 aliphatic carbocycles. The molecule has 15 unspecified atom stereocenters. The molecule has 3 aliphatic heterocycles. The quantitative estimate of drug-likeness (QED) is 0.0428. The van der Waals surface area contributed by atoms with E-state index in [2.05, 4.69) is 40.1 Å². The van der Waals surface area contributed by atoms with Crippen LogP contribution in [0.1, 0.15) is 81.8 Å². The molecule has 3 heterocycles. The van der Waals surface area contributed by atoms with Crippen molar-refractivity contribution < 1.29 is 78.8 Å². The molecule has 0 bridgehead atoms. The summed E-state index contributed by atoms with van der Waals surface area (Å²) < 4.78 is 12.1. The lowest BCUT2D eigenvalue weighted by Crippen LogP contribution is -2.64. The average molecular weight is 1220 g/mol. The highest BCUT2D eigenvalue weighted by molar-refractivity contribution is 6.00. The topological polar surface area (TPSA) is 398 Å². The number of aliphatic hydroxyl groups excluding tert-OH is 6. The summed E-state index contributed by atoms with van der Waals surface area (Å²) in [5, 5.41) is 90.8. The first-order valence-electron chi connectivity index (χ1n) is 29.6. The third-order valence-electron chi connectivity index (χ3n) is 16.3. The molecule has 7 rings (SSSR count). The molecule has 16 N–H and O–H groups in total. The lowest BCUT2D eigenvalue weighted by atomic mass is 9.95. The fraction of sp³-hybridized carbons (Fsp3) is 0.476. The van der Waals surface area contributed by atoms with E-state index in [1.165, 1.54) is 49.4 Å². The summed E-state index contributed by atoms with van der Waals surface area (Å²) in [6, 6.07) is 15.6. The van der Waals surface area contributed by atoms with Gasteiger partial charge in [-0.15, -0.1) is 6.58 Å². The summed E-state index contributed by atoms with van der Waals surface area (Å²) >= 11 is 0. The Bertz CT molecular complexity index is 3040. The largest absolute Gasteiger partial charge is 0.508 e. The highest BCUT2D eigenvalue weighted by atomic mass is 16.5. The van der Waals surface area contributed by atoms with Crippen LogP contribution in [0.2, 0.25) is 0 Å². The van der Waals surface area contributed by atoms with Crippen molar-refractivity contribution in [1.82, 2.24) is 36.4 Å². The van der Waals surface area contributed by atoms with E-state index in [9.17, 15) is 69.3 Å². The number of ether oxygens (including phenoxy) is 2. The van der Waals surface area contributed by atoms with Crippen molar-refractivity contribution in [1.29, 1.82) is 0 Å². The highest BCUT2D eigenvalue weighted by Gasteiger charge is 2.50. The first-order chi connectivity index (χ1) is 42.0. The number of phenols is 1. The van der Waals surface area contributed by atoms with Gasteiger partial charge in [-0.3, -0.25) is 33.6 Å². The summed E-state index contributed by atoms with van der Waals surface area (Å²) in [6.07, 6.45) is -9.87. The lowest BCUT2D eigenvalue weighted by molar-refractivity contribution is -0.149. The van der Waals surface area contributed by atoms with Crippen LogP contribution in [0, 0.1) is 11.8 Å². The van der Waals surface area contributed by atoms with Gasteiger partial charge in [0.2, 0.25) is 35.4 Å². The zero-order valence-electron chi connectivity index (χ0n) is 49.7. The van der Waals surface area contributed by atoms with Crippen LogP contribution in [-0.2, 0) is 33.5 Å². The summed E-state index contributed by atoms with van der Waals surface area (Å²) in [4.78, 5) is 104. The van der Waals surface area contributed by atoms with Crippen molar-refractivity contribution in [2.24, 2.45) is 23.3 Å².